The van der Waals surface area contributed by atoms with Crippen LogP contribution in [0.2, 0.25) is 5.02 Å². The molecule has 0 fully saturated rings. The molecule has 1 rings (SSSR count). The van der Waals surface area contributed by atoms with Gasteiger partial charge in [-0.1, -0.05) is 11.6 Å². The summed E-state index contributed by atoms with van der Waals surface area (Å²) in [5, 5.41) is 12.3. The van der Waals surface area contributed by atoms with Crippen LogP contribution in [0.25, 0.3) is 0 Å². The Balaban J connectivity index is 2.42. The third-order valence-corrected chi connectivity index (χ3v) is 2.86. The van der Waals surface area contributed by atoms with Crippen LogP contribution >= 0.6 is 11.6 Å². The van der Waals surface area contributed by atoms with Gasteiger partial charge in [0.2, 0.25) is 0 Å². The number of anilines is 1. The van der Waals surface area contributed by atoms with Crippen molar-refractivity contribution in [1.29, 1.82) is 5.26 Å². The highest BCUT2D eigenvalue weighted by atomic mass is 35.5. The van der Waals surface area contributed by atoms with E-state index in [1.165, 1.54) is 0 Å². The Bertz CT molecular complexity index is 419. The average molecular weight is 269 g/mol. The Hall–Kier alpha value is -1.35. The summed E-state index contributed by atoms with van der Waals surface area (Å²) in [7, 11) is 3.70. The number of nitriles is 1. The number of aromatic nitrogens is 1. The number of ether oxygens (including phenoxy) is 1. The smallest absolute Gasteiger partial charge is 0.146 e. The van der Waals surface area contributed by atoms with E-state index in [1.54, 1.807) is 19.4 Å². The van der Waals surface area contributed by atoms with Crippen LogP contribution in [0.1, 0.15) is 5.56 Å². The fraction of sp³-hybridized carbons (Fsp3) is 0.500. The van der Waals surface area contributed by atoms with Crippen molar-refractivity contribution in [2.24, 2.45) is 0 Å². The van der Waals surface area contributed by atoms with Crippen molar-refractivity contribution in [3.05, 3.63) is 22.8 Å². The first kappa shape index (κ1) is 14.7. The van der Waals surface area contributed by atoms with Crippen molar-refractivity contribution in [3.8, 4) is 6.07 Å². The van der Waals surface area contributed by atoms with Gasteiger partial charge in [-0.2, -0.15) is 5.26 Å². The lowest BCUT2D eigenvalue weighted by atomic mass is 10.3. The molecule has 0 aliphatic carbocycles. The van der Waals surface area contributed by atoms with Crippen LogP contribution in [0, 0.1) is 11.3 Å². The van der Waals surface area contributed by atoms with Crippen LogP contribution < -0.4 is 5.32 Å². The minimum atomic E-state index is 0.375. The minimum absolute atomic E-state index is 0.375. The maximum atomic E-state index is 8.84. The van der Waals surface area contributed by atoms with E-state index in [9.17, 15) is 0 Å². The maximum Gasteiger partial charge on any atom is 0.146 e. The lowest BCUT2D eigenvalue weighted by molar-refractivity contribution is 0.163. The second kappa shape index (κ2) is 7.88. The van der Waals surface area contributed by atoms with E-state index in [4.69, 9.17) is 21.6 Å². The first-order valence-corrected chi connectivity index (χ1v) is 6.02. The summed E-state index contributed by atoms with van der Waals surface area (Å²) in [4.78, 5) is 6.25. The summed E-state index contributed by atoms with van der Waals surface area (Å²) in [6.07, 6.45) is 1.57. The van der Waals surface area contributed by atoms with Gasteiger partial charge in [-0.25, -0.2) is 4.98 Å². The SMILES string of the molecule is COCCN(C)CCNc1nccc(C#N)c1Cl. The molecule has 0 radical (unpaired) electrons. The number of hydrogen-bond acceptors (Lipinski definition) is 5. The van der Waals surface area contributed by atoms with Gasteiger partial charge in [0.1, 0.15) is 16.9 Å². The molecule has 98 valence electrons. The number of likely N-dealkylation sites (N-methyl/N-ethyl adjacent to an activating group) is 1. The van der Waals surface area contributed by atoms with Crippen molar-refractivity contribution in [2.75, 3.05) is 45.7 Å². The van der Waals surface area contributed by atoms with Crippen molar-refractivity contribution in [1.82, 2.24) is 9.88 Å². The minimum Gasteiger partial charge on any atom is -0.383 e. The summed E-state index contributed by atoms with van der Waals surface area (Å²) in [5.74, 6) is 0.552. The Kier molecular flexibility index (Phi) is 6.44. The predicted molar refractivity (Wildman–Crippen MR) is 71.8 cm³/mol. The quantitative estimate of drug-likeness (QED) is 0.814. The van der Waals surface area contributed by atoms with E-state index in [1.807, 2.05) is 13.1 Å². The fourth-order valence-corrected chi connectivity index (χ4v) is 1.60. The lowest BCUT2D eigenvalue weighted by Gasteiger charge is -2.16. The molecule has 1 aromatic rings. The van der Waals surface area contributed by atoms with E-state index in [-0.39, 0.29) is 0 Å². The van der Waals surface area contributed by atoms with Gasteiger partial charge in [-0.3, -0.25) is 0 Å². The van der Waals surface area contributed by atoms with Gasteiger partial charge in [-0.05, 0) is 13.1 Å². The fourth-order valence-electron chi connectivity index (χ4n) is 1.38. The Morgan fingerprint density at radius 2 is 2.33 bits per heavy atom. The average Bonchev–Trinajstić information content (AvgIpc) is 2.38. The molecule has 1 N–H and O–H groups in total. The first-order chi connectivity index (χ1) is 8.69. The number of nitrogens with one attached hydrogen (secondary N) is 1. The summed E-state index contributed by atoms with van der Waals surface area (Å²) >= 11 is 6.03. The molecule has 0 saturated carbocycles. The number of nitrogens with zero attached hydrogens (tertiary/aromatic N) is 3. The summed E-state index contributed by atoms with van der Waals surface area (Å²) in [6.45, 7) is 3.14. The van der Waals surface area contributed by atoms with Crippen molar-refractivity contribution in [2.45, 2.75) is 0 Å². The molecular formula is C12H17ClN4O. The Morgan fingerprint density at radius 3 is 3.00 bits per heavy atom. The summed E-state index contributed by atoms with van der Waals surface area (Å²) in [6, 6.07) is 3.62. The molecule has 0 unspecified atom stereocenters. The molecule has 18 heavy (non-hydrogen) atoms. The molecule has 0 saturated heterocycles. The second-order valence-corrected chi connectivity index (χ2v) is 4.23. The monoisotopic (exact) mass is 268 g/mol. The topological polar surface area (TPSA) is 61.2 Å². The number of rotatable bonds is 7. The zero-order chi connectivity index (χ0) is 13.4. The molecule has 0 aliphatic rings. The van der Waals surface area contributed by atoms with E-state index in [0.717, 1.165) is 13.1 Å². The van der Waals surface area contributed by atoms with Crippen LogP contribution in [0.4, 0.5) is 5.82 Å². The highest BCUT2D eigenvalue weighted by molar-refractivity contribution is 6.34. The lowest BCUT2D eigenvalue weighted by Crippen LogP contribution is -2.28. The van der Waals surface area contributed by atoms with Gasteiger partial charge in [0.15, 0.2) is 0 Å². The van der Waals surface area contributed by atoms with E-state index < -0.39 is 0 Å². The van der Waals surface area contributed by atoms with Gasteiger partial charge in [-0.15, -0.1) is 0 Å². The van der Waals surface area contributed by atoms with Crippen molar-refractivity contribution in [3.63, 3.8) is 0 Å². The molecule has 0 bridgehead atoms. The van der Waals surface area contributed by atoms with Crippen molar-refractivity contribution >= 4 is 17.4 Å². The molecule has 6 heteroatoms. The van der Waals surface area contributed by atoms with Crippen LogP contribution in [0.3, 0.4) is 0 Å². The van der Waals surface area contributed by atoms with Crippen LogP contribution in [0.5, 0.6) is 0 Å². The molecule has 1 heterocycles. The number of halogens is 1. The predicted octanol–water partition coefficient (Wildman–Crippen LogP) is 1.60. The molecule has 0 aromatic carbocycles. The number of hydrogen-bond donors (Lipinski definition) is 1. The van der Waals surface area contributed by atoms with E-state index in [0.29, 0.717) is 29.6 Å². The van der Waals surface area contributed by atoms with E-state index in [2.05, 4.69) is 15.2 Å². The summed E-state index contributed by atoms with van der Waals surface area (Å²) in [5.41, 5.74) is 0.432. The summed E-state index contributed by atoms with van der Waals surface area (Å²) < 4.78 is 4.99. The molecule has 0 atom stereocenters. The van der Waals surface area contributed by atoms with Gasteiger partial charge in [0.05, 0.1) is 12.2 Å². The molecule has 0 amide bonds. The Morgan fingerprint density at radius 1 is 1.56 bits per heavy atom. The Labute approximate surface area is 112 Å². The normalized spacial score (nSPS) is 10.4. The molecule has 5 nitrogen and oxygen atoms in total. The third-order valence-electron chi connectivity index (χ3n) is 2.47. The molecule has 0 aliphatic heterocycles. The highest BCUT2D eigenvalue weighted by Crippen LogP contribution is 2.22. The molecular weight excluding hydrogens is 252 g/mol. The number of pyridine rings is 1. The van der Waals surface area contributed by atoms with Gasteiger partial charge < -0.3 is 15.0 Å². The van der Waals surface area contributed by atoms with Gasteiger partial charge in [0.25, 0.3) is 0 Å². The third kappa shape index (κ3) is 4.49. The molecule has 0 spiro atoms. The van der Waals surface area contributed by atoms with Crippen LogP contribution in [-0.4, -0.2) is 50.3 Å². The standard InChI is InChI=1S/C12H17ClN4O/c1-17(7-8-18-2)6-5-16-12-11(13)10(9-14)3-4-15-12/h3-4H,5-8H2,1-2H3,(H,15,16). The highest BCUT2D eigenvalue weighted by Gasteiger charge is 2.06. The van der Waals surface area contributed by atoms with Gasteiger partial charge >= 0.3 is 0 Å². The van der Waals surface area contributed by atoms with E-state index >= 15 is 0 Å². The van der Waals surface area contributed by atoms with Crippen LogP contribution in [-0.2, 0) is 4.74 Å². The second-order valence-electron chi connectivity index (χ2n) is 3.86. The van der Waals surface area contributed by atoms with Gasteiger partial charge in [0, 0.05) is 32.9 Å². The zero-order valence-electron chi connectivity index (χ0n) is 10.6. The largest absolute Gasteiger partial charge is 0.383 e. The van der Waals surface area contributed by atoms with Crippen molar-refractivity contribution < 1.29 is 4.74 Å². The zero-order valence-corrected chi connectivity index (χ0v) is 11.4. The molecule has 1 aromatic heterocycles. The first-order valence-electron chi connectivity index (χ1n) is 5.65. The number of methoxy groups -OCH3 is 1. The van der Waals surface area contributed by atoms with Crippen LogP contribution in [0.15, 0.2) is 12.3 Å². The maximum absolute atomic E-state index is 8.84.